The Morgan fingerprint density at radius 1 is 0.250 bits per heavy atom. The Morgan fingerprint density at radius 3 is 0.536 bits per heavy atom. The largest absolute Gasteiger partial charge is 0.481 e. The van der Waals surface area contributed by atoms with Crippen LogP contribution in [0, 0.1) is 0 Å². The summed E-state index contributed by atoms with van der Waals surface area (Å²) in [5, 5.41) is 0. The van der Waals surface area contributed by atoms with Crippen molar-refractivity contribution in [2.45, 2.75) is 291 Å². The van der Waals surface area contributed by atoms with Crippen molar-refractivity contribution in [2.75, 3.05) is 6.61 Å². The molecule has 7 nitrogen and oxygen atoms in total. The molecule has 0 spiro atoms. The zero-order valence-electron chi connectivity index (χ0n) is 56.5. The third kappa shape index (κ3) is 53.8. The standard InChI is InChI=1S/C75H124O7P2/c1-61(2)31-17-32-62(3)33-18-34-63(4)35-19-36-64(5)37-20-38-65(6)39-21-40-66(7)41-22-42-67(8)43-23-44-68(9)45-24-46-69(10)47-25-48-70(11)49-26-50-71(12)51-27-52-72(13)53-28-54-73(14)55-29-56-74(15)57-30-58-75(16)59-60-81-84(79,80)82-83(76,77)78/h31,33,35,37,39,41,43,45,47,49,51,53,55,57,59H,17-30,32,34,36,38,40,42,44,46,48,50,52,54,56,58,60H2,1-16H3,(H,79,80)(H2,76,77,78)/b62-33+,63-35+,64-37+,65-39+,66-41+,67-43+,68-45+,69-47+,70-49+,71-51+,72-53+,73-55+,74-57+,75-59+. The second-order valence-corrected chi connectivity index (χ2v) is 27.7. The molecule has 0 aliphatic carbocycles. The van der Waals surface area contributed by atoms with Crippen LogP contribution < -0.4 is 0 Å². The van der Waals surface area contributed by atoms with E-state index >= 15 is 0 Å². The van der Waals surface area contributed by atoms with Gasteiger partial charge >= 0.3 is 15.6 Å². The quantitative estimate of drug-likeness (QED) is 0.0411. The first-order valence-corrected chi connectivity index (χ1v) is 35.2. The molecule has 0 aromatic heterocycles. The number of rotatable bonds is 47. The minimum Gasteiger partial charge on any atom is -0.302 e. The van der Waals surface area contributed by atoms with Gasteiger partial charge in [-0.05, 0) is 291 Å². The first-order valence-electron chi connectivity index (χ1n) is 32.2. The molecule has 0 fully saturated rings. The lowest BCUT2D eigenvalue weighted by atomic mass is 10.0. The van der Waals surface area contributed by atoms with E-state index in [1.54, 1.807) is 6.08 Å². The molecule has 0 saturated heterocycles. The Morgan fingerprint density at radius 2 is 0.393 bits per heavy atom. The molecule has 0 heterocycles. The second-order valence-electron chi connectivity index (χ2n) is 24.9. The fraction of sp³-hybridized carbons (Fsp3) is 0.600. The van der Waals surface area contributed by atoms with Gasteiger partial charge < -0.3 is 14.7 Å². The van der Waals surface area contributed by atoms with E-state index in [1.165, 1.54) is 97.3 Å². The van der Waals surface area contributed by atoms with Crippen molar-refractivity contribution in [3.8, 4) is 0 Å². The first kappa shape index (κ1) is 80.4. The highest BCUT2D eigenvalue weighted by molar-refractivity contribution is 7.60. The second kappa shape index (κ2) is 49.4. The number of phosphoric ester groups is 1. The number of phosphoric acid groups is 2. The zero-order valence-corrected chi connectivity index (χ0v) is 58.3. The van der Waals surface area contributed by atoms with Crippen molar-refractivity contribution in [1.29, 1.82) is 0 Å². The van der Waals surface area contributed by atoms with Crippen molar-refractivity contribution in [3.63, 3.8) is 0 Å². The lowest BCUT2D eigenvalue weighted by molar-refractivity contribution is 0.191. The molecule has 0 bridgehead atoms. The predicted molar refractivity (Wildman–Crippen MR) is 370 cm³/mol. The Bertz CT molecular complexity index is 2470. The summed E-state index contributed by atoms with van der Waals surface area (Å²) < 4.78 is 30.7. The summed E-state index contributed by atoms with van der Waals surface area (Å²) in [5.74, 6) is 0. The van der Waals surface area contributed by atoms with Crippen LogP contribution >= 0.6 is 15.6 Å². The lowest BCUT2D eigenvalue weighted by Gasteiger charge is -2.11. The van der Waals surface area contributed by atoms with Crippen LogP contribution in [0.1, 0.15) is 291 Å². The van der Waals surface area contributed by atoms with E-state index < -0.39 is 15.6 Å². The van der Waals surface area contributed by atoms with Gasteiger partial charge in [-0.3, -0.25) is 4.52 Å². The number of hydrogen-bond donors (Lipinski definition) is 3. The van der Waals surface area contributed by atoms with E-state index in [4.69, 9.17) is 9.79 Å². The molecule has 0 saturated carbocycles. The van der Waals surface area contributed by atoms with Crippen LogP contribution in [0.5, 0.6) is 0 Å². The average molecular weight is 1200 g/mol. The van der Waals surface area contributed by atoms with Crippen LogP contribution in [0.2, 0.25) is 0 Å². The van der Waals surface area contributed by atoms with Crippen molar-refractivity contribution < 1.29 is 32.6 Å². The average Bonchev–Trinajstić information content (AvgIpc) is 3.40. The monoisotopic (exact) mass is 1200 g/mol. The van der Waals surface area contributed by atoms with Gasteiger partial charge in [0.05, 0.1) is 6.61 Å². The highest BCUT2D eigenvalue weighted by atomic mass is 31.3. The third-order valence-corrected chi connectivity index (χ3v) is 17.5. The Kier molecular flexibility index (Phi) is 47.2. The summed E-state index contributed by atoms with van der Waals surface area (Å²) >= 11 is 0. The Labute approximate surface area is 517 Å². The molecule has 0 aromatic rings. The van der Waals surface area contributed by atoms with E-state index in [1.807, 2.05) is 6.92 Å². The van der Waals surface area contributed by atoms with Crippen LogP contribution in [0.15, 0.2) is 175 Å². The highest BCUT2D eigenvalue weighted by Gasteiger charge is 2.31. The van der Waals surface area contributed by atoms with Gasteiger partial charge in [0.2, 0.25) is 0 Å². The van der Waals surface area contributed by atoms with Crippen LogP contribution in [0.4, 0.5) is 0 Å². The molecular weight excluding hydrogens is 1070 g/mol. The molecule has 0 amide bonds. The van der Waals surface area contributed by atoms with Crippen molar-refractivity contribution in [2.24, 2.45) is 0 Å². The fourth-order valence-electron chi connectivity index (χ4n) is 9.55. The molecule has 0 radical (unpaired) electrons. The van der Waals surface area contributed by atoms with Gasteiger partial charge in [0.1, 0.15) is 0 Å². The van der Waals surface area contributed by atoms with E-state index in [9.17, 15) is 14.0 Å². The van der Waals surface area contributed by atoms with Crippen LogP contribution in [-0.4, -0.2) is 21.3 Å². The van der Waals surface area contributed by atoms with Crippen molar-refractivity contribution in [3.05, 3.63) is 175 Å². The molecule has 9 heteroatoms. The Hall–Kier alpha value is -3.64. The van der Waals surface area contributed by atoms with Gasteiger partial charge in [0.25, 0.3) is 0 Å². The van der Waals surface area contributed by atoms with Crippen molar-refractivity contribution in [1.82, 2.24) is 0 Å². The summed E-state index contributed by atoms with van der Waals surface area (Å²) in [6, 6.07) is 0. The summed E-state index contributed by atoms with van der Waals surface area (Å²) in [7, 11) is -9.93. The van der Waals surface area contributed by atoms with E-state index in [2.05, 4.69) is 198 Å². The molecule has 1 unspecified atom stereocenters. The van der Waals surface area contributed by atoms with Gasteiger partial charge in [-0.15, -0.1) is 0 Å². The number of allylic oxidation sites excluding steroid dienone is 29. The number of hydrogen-bond acceptors (Lipinski definition) is 4. The summed E-state index contributed by atoms with van der Waals surface area (Å²) in [6.45, 7) is 35.5. The van der Waals surface area contributed by atoms with Crippen LogP contribution in [-0.2, 0) is 18.0 Å². The SMILES string of the molecule is CC(C)=CCC/C(C)=C/CC/C(C)=C/CC/C(C)=C/CC/C(C)=C/CC/C(C)=C/CC/C(C)=C/CC/C(C)=C/CC/C(C)=C/CC/C(C)=C/CC/C(C)=C/CC/C(C)=C/CC/C(C)=C/CC/C(C)=C/CC/C(C)=C/COP(=O)(O)OP(=O)(O)O. The minimum atomic E-state index is -5.12. The molecule has 0 aliphatic heterocycles. The van der Waals surface area contributed by atoms with Gasteiger partial charge in [-0.1, -0.05) is 175 Å². The molecule has 84 heavy (non-hydrogen) atoms. The van der Waals surface area contributed by atoms with E-state index in [0.717, 1.165) is 166 Å². The van der Waals surface area contributed by atoms with E-state index in [0.29, 0.717) is 0 Å². The lowest BCUT2D eigenvalue weighted by Crippen LogP contribution is -1.94. The van der Waals surface area contributed by atoms with Crippen LogP contribution in [0.3, 0.4) is 0 Å². The third-order valence-electron chi connectivity index (χ3n) is 15.4. The maximum atomic E-state index is 11.6. The molecule has 0 aliphatic rings. The molecule has 0 aromatic carbocycles. The summed E-state index contributed by atoms with van der Waals surface area (Å²) in [6.07, 6.45) is 66.3. The van der Waals surface area contributed by atoms with Gasteiger partial charge in [-0.25, -0.2) is 9.13 Å². The highest BCUT2D eigenvalue weighted by Crippen LogP contribution is 2.57. The Balaban J connectivity index is 4.35. The molecule has 1 atom stereocenters. The van der Waals surface area contributed by atoms with E-state index in [-0.39, 0.29) is 6.61 Å². The maximum Gasteiger partial charge on any atom is 0.481 e. The molecule has 0 rings (SSSR count). The molecule has 476 valence electrons. The normalized spacial score (nSPS) is 15.8. The van der Waals surface area contributed by atoms with Crippen LogP contribution in [0.25, 0.3) is 0 Å². The van der Waals surface area contributed by atoms with Gasteiger partial charge in [-0.2, -0.15) is 4.31 Å². The zero-order chi connectivity index (χ0) is 63.2. The first-order chi connectivity index (χ1) is 39.6. The summed E-state index contributed by atoms with van der Waals surface area (Å²) in [5.41, 5.74) is 21.7. The topological polar surface area (TPSA) is 113 Å². The smallest absolute Gasteiger partial charge is 0.302 e. The molecule has 3 N–H and O–H groups in total. The van der Waals surface area contributed by atoms with Gasteiger partial charge in [0, 0.05) is 0 Å². The predicted octanol–water partition coefficient (Wildman–Crippen LogP) is 25.3. The maximum absolute atomic E-state index is 11.6. The fourth-order valence-corrected chi connectivity index (χ4v) is 11.1. The van der Waals surface area contributed by atoms with Crippen molar-refractivity contribution >= 4 is 15.6 Å². The van der Waals surface area contributed by atoms with Gasteiger partial charge in [0.15, 0.2) is 0 Å². The summed E-state index contributed by atoms with van der Waals surface area (Å²) in [4.78, 5) is 26.8. The minimum absolute atomic E-state index is 0.275. The molecular formula is C75H124O7P2.